The number of nitrogens with zero attached hydrogens (tertiary/aromatic N) is 1. The van der Waals surface area contributed by atoms with Gasteiger partial charge in [-0.15, -0.1) is 0 Å². The normalized spacial score (nSPS) is 19.2. The van der Waals surface area contributed by atoms with E-state index < -0.39 is 17.8 Å². The van der Waals surface area contributed by atoms with Gasteiger partial charge in [0.25, 0.3) is 0 Å². The predicted octanol–water partition coefficient (Wildman–Crippen LogP) is -0.184. The van der Waals surface area contributed by atoms with Crippen molar-refractivity contribution in [2.45, 2.75) is 13.0 Å². The van der Waals surface area contributed by atoms with Gasteiger partial charge in [0.15, 0.2) is 0 Å². The monoisotopic (exact) mass is 202 g/mol. The van der Waals surface area contributed by atoms with Crippen LogP contribution >= 0.6 is 11.8 Å². The van der Waals surface area contributed by atoms with Gasteiger partial charge in [0, 0.05) is 11.8 Å². The van der Waals surface area contributed by atoms with Crippen LogP contribution in [0, 0.1) is 0 Å². The van der Waals surface area contributed by atoms with Crippen molar-refractivity contribution in [2.24, 2.45) is 0 Å². The number of urea groups is 1. The van der Waals surface area contributed by atoms with Crippen molar-refractivity contribution in [3.63, 3.8) is 0 Å². The number of hydrogen-bond acceptors (Lipinski definition) is 4. The summed E-state index contributed by atoms with van der Waals surface area (Å²) in [5.74, 6) is -0.962. The Morgan fingerprint density at radius 1 is 1.46 bits per heavy atom. The molecule has 1 unspecified atom stereocenters. The molecule has 0 aromatic rings. The summed E-state index contributed by atoms with van der Waals surface area (Å²) in [4.78, 5) is 33.9. The predicted molar refractivity (Wildman–Crippen MR) is 48.2 cm³/mol. The lowest BCUT2D eigenvalue weighted by atomic mass is 10.3. The third-order valence-corrected chi connectivity index (χ3v) is 2.52. The number of imide groups is 2. The third kappa shape index (κ3) is 1.82. The highest BCUT2D eigenvalue weighted by Gasteiger charge is 2.39. The summed E-state index contributed by atoms with van der Waals surface area (Å²) in [5, 5.41) is 1.95. The Morgan fingerprint density at radius 3 is 2.46 bits per heavy atom. The van der Waals surface area contributed by atoms with Gasteiger partial charge in [-0.25, -0.2) is 4.79 Å². The number of carbonyl (C=O) groups excluding carboxylic acids is 3. The first-order valence-electron chi connectivity index (χ1n) is 3.75. The summed E-state index contributed by atoms with van der Waals surface area (Å²) in [7, 11) is 0. The van der Waals surface area contributed by atoms with Crippen LogP contribution < -0.4 is 5.32 Å². The van der Waals surface area contributed by atoms with Crippen LogP contribution in [0.4, 0.5) is 4.79 Å². The van der Waals surface area contributed by atoms with E-state index >= 15 is 0 Å². The largest absolute Gasteiger partial charge is 0.331 e. The van der Waals surface area contributed by atoms with E-state index in [1.165, 1.54) is 11.8 Å². The van der Waals surface area contributed by atoms with Gasteiger partial charge in [0.1, 0.15) is 0 Å². The van der Waals surface area contributed by atoms with Crippen LogP contribution in [0.5, 0.6) is 0 Å². The molecule has 5 nitrogen and oxygen atoms in total. The SMILES string of the molecule is CSCC(C)N1C(=O)NC(=O)C1=O. The highest BCUT2D eigenvalue weighted by Crippen LogP contribution is 2.10. The van der Waals surface area contributed by atoms with Gasteiger partial charge in [-0.2, -0.15) is 11.8 Å². The Hall–Kier alpha value is -1.04. The Morgan fingerprint density at radius 2 is 2.08 bits per heavy atom. The number of nitrogens with one attached hydrogen (secondary N) is 1. The van der Waals surface area contributed by atoms with Gasteiger partial charge in [0.2, 0.25) is 0 Å². The standard InChI is InChI=1S/C7H10N2O3S/c1-4(3-13-2)9-6(11)5(10)8-7(9)12/h4H,3H2,1-2H3,(H,8,10,12). The molecule has 1 atom stereocenters. The van der Waals surface area contributed by atoms with Crippen LogP contribution in [0.2, 0.25) is 0 Å². The molecule has 1 fully saturated rings. The van der Waals surface area contributed by atoms with Crippen molar-refractivity contribution < 1.29 is 14.4 Å². The quantitative estimate of drug-likeness (QED) is 0.509. The van der Waals surface area contributed by atoms with Crippen LogP contribution in [0.1, 0.15) is 6.92 Å². The minimum absolute atomic E-state index is 0.242. The van der Waals surface area contributed by atoms with Crippen molar-refractivity contribution in [3.8, 4) is 0 Å². The molecule has 1 heterocycles. The van der Waals surface area contributed by atoms with E-state index in [1.807, 2.05) is 11.6 Å². The lowest BCUT2D eigenvalue weighted by Gasteiger charge is -2.18. The van der Waals surface area contributed by atoms with Crippen molar-refractivity contribution in [3.05, 3.63) is 0 Å². The summed E-state index contributed by atoms with van der Waals surface area (Å²) in [5.41, 5.74) is 0. The van der Waals surface area contributed by atoms with E-state index in [4.69, 9.17) is 0 Å². The van der Waals surface area contributed by atoms with Crippen LogP contribution in [0.15, 0.2) is 0 Å². The second-order valence-corrected chi connectivity index (χ2v) is 3.65. The molecule has 13 heavy (non-hydrogen) atoms. The fraction of sp³-hybridized carbons (Fsp3) is 0.571. The molecular weight excluding hydrogens is 192 g/mol. The summed E-state index contributed by atoms with van der Waals surface area (Å²) in [6.07, 6.45) is 1.87. The molecule has 1 saturated heterocycles. The second-order valence-electron chi connectivity index (χ2n) is 2.74. The van der Waals surface area contributed by atoms with E-state index in [-0.39, 0.29) is 6.04 Å². The van der Waals surface area contributed by atoms with E-state index in [0.717, 1.165) is 4.90 Å². The number of rotatable bonds is 3. The molecule has 1 N–H and O–H groups in total. The Labute approximate surface area is 79.8 Å². The molecule has 0 aliphatic carbocycles. The van der Waals surface area contributed by atoms with Crippen molar-refractivity contribution >= 4 is 29.6 Å². The zero-order valence-corrected chi connectivity index (χ0v) is 8.18. The molecule has 1 rings (SSSR count). The molecule has 1 aliphatic rings. The Balaban J connectivity index is 2.73. The van der Waals surface area contributed by atoms with Gasteiger partial charge in [0.05, 0.1) is 0 Å². The van der Waals surface area contributed by atoms with Gasteiger partial charge in [-0.05, 0) is 13.2 Å². The molecule has 0 aromatic heterocycles. The van der Waals surface area contributed by atoms with E-state index in [1.54, 1.807) is 6.92 Å². The fourth-order valence-corrected chi connectivity index (χ4v) is 1.76. The minimum Gasteiger partial charge on any atom is -0.269 e. The second kappa shape index (κ2) is 3.78. The Bertz CT molecular complexity index is 266. The molecule has 6 heteroatoms. The minimum atomic E-state index is -0.835. The Kier molecular flexibility index (Phi) is 2.92. The van der Waals surface area contributed by atoms with E-state index in [2.05, 4.69) is 0 Å². The first-order valence-corrected chi connectivity index (χ1v) is 5.14. The van der Waals surface area contributed by atoms with Gasteiger partial charge in [-0.1, -0.05) is 0 Å². The molecule has 4 amide bonds. The number of carbonyl (C=O) groups is 3. The topological polar surface area (TPSA) is 66.5 Å². The lowest BCUT2D eigenvalue weighted by molar-refractivity contribution is -0.140. The van der Waals surface area contributed by atoms with E-state index in [0.29, 0.717) is 5.75 Å². The molecule has 0 spiro atoms. The number of amides is 4. The third-order valence-electron chi connectivity index (χ3n) is 1.70. The average Bonchev–Trinajstić information content (AvgIpc) is 2.27. The number of hydrogen-bond donors (Lipinski definition) is 1. The van der Waals surface area contributed by atoms with Gasteiger partial charge >= 0.3 is 17.8 Å². The molecule has 1 aliphatic heterocycles. The van der Waals surface area contributed by atoms with Gasteiger partial charge < -0.3 is 0 Å². The molecule has 72 valence electrons. The molecule has 0 bridgehead atoms. The highest BCUT2D eigenvalue weighted by atomic mass is 32.2. The first kappa shape index (κ1) is 10.0. The summed E-state index contributed by atoms with van der Waals surface area (Å²) < 4.78 is 0. The maximum absolute atomic E-state index is 11.1. The van der Waals surface area contributed by atoms with Crippen LogP contribution in [0.3, 0.4) is 0 Å². The fourth-order valence-electron chi connectivity index (χ4n) is 1.13. The molecule has 0 aromatic carbocycles. The smallest absolute Gasteiger partial charge is 0.269 e. The summed E-state index contributed by atoms with van der Waals surface area (Å²) in [6.45, 7) is 1.73. The van der Waals surface area contributed by atoms with Crippen LogP contribution in [-0.4, -0.2) is 40.8 Å². The summed E-state index contributed by atoms with van der Waals surface area (Å²) in [6, 6.07) is -0.856. The van der Waals surface area contributed by atoms with Crippen molar-refractivity contribution in [2.75, 3.05) is 12.0 Å². The van der Waals surface area contributed by atoms with Crippen LogP contribution in [-0.2, 0) is 9.59 Å². The molecule has 0 saturated carbocycles. The summed E-state index contributed by atoms with van der Waals surface area (Å²) >= 11 is 1.52. The first-order chi connectivity index (χ1) is 6.07. The van der Waals surface area contributed by atoms with Crippen LogP contribution in [0.25, 0.3) is 0 Å². The van der Waals surface area contributed by atoms with Gasteiger partial charge in [-0.3, -0.25) is 19.8 Å². The lowest BCUT2D eigenvalue weighted by Crippen LogP contribution is -2.40. The molecular formula is C7H10N2O3S. The maximum Gasteiger partial charge on any atom is 0.331 e. The average molecular weight is 202 g/mol. The number of thioether (sulfide) groups is 1. The molecule has 0 radical (unpaired) electrons. The maximum atomic E-state index is 11.1. The van der Waals surface area contributed by atoms with E-state index in [9.17, 15) is 14.4 Å². The zero-order valence-electron chi connectivity index (χ0n) is 7.36. The van der Waals surface area contributed by atoms with Crippen molar-refractivity contribution in [1.82, 2.24) is 10.2 Å². The van der Waals surface area contributed by atoms with Crippen molar-refractivity contribution in [1.29, 1.82) is 0 Å². The highest BCUT2D eigenvalue weighted by molar-refractivity contribution is 7.98. The zero-order chi connectivity index (χ0) is 10.0.